The minimum Gasteiger partial charge on any atom is -0.379 e. The first kappa shape index (κ1) is 16.2. The topological polar surface area (TPSA) is 77.2 Å². The Balaban J connectivity index is 2.43. The lowest BCUT2D eigenvalue weighted by Crippen LogP contribution is -2.27. The lowest BCUT2D eigenvalue weighted by Gasteiger charge is -2.08. The first-order valence-electron chi connectivity index (χ1n) is 6.63. The number of nitrogens with two attached hydrogens (primary N) is 1. The van der Waals surface area contributed by atoms with E-state index in [0.29, 0.717) is 36.8 Å². The molecule has 0 saturated heterocycles. The number of pyridine rings is 1. The minimum atomic E-state index is -0.179. The van der Waals surface area contributed by atoms with Crippen molar-refractivity contribution >= 4 is 5.91 Å². The maximum Gasteiger partial charge on any atom is 0.252 e. The Kier molecular flexibility index (Phi) is 7.33. The van der Waals surface area contributed by atoms with Crippen LogP contribution in [-0.2, 0) is 4.74 Å². The molecule has 0 aliphatic heterocycles. The van der Waals surface area contributed by atoms with Gasteiger partial charge in [0.05, 0.1) is 18.7 Å². The van der Waals surface area contributed by atoms with E-state index in [1.54, 1.807) is 12.3 Å². The maximum atomic E-state index is 11.9. The van der Waals surface area contributed by atoms with E-state index in [0.717, 1.165) is 0 Å². The van der Waals surface area contributed by atoms with Gasteiger partial charge < -0.3 is 15.8 Å². The lowest BCUT2D eigenvalue weighted by atomic mass is 10.2. The number of hydrogen-bond donors (Lipinski definition) is 2. The summed E-state index contributed by atoms with van der Waals surface area (Å²) in [5.74, 6) is 5.89. The van der Waals surface area contributed by atoms with Crippen LogP contribution in [0.2, 0.25) is 0 Å². The molecule has 1 heterocycles. The van der Waals surface area contributed by atoms with E-state index >= 15 is 0 Å². The molecule has 0 aromatic carbocycles. The molecule has 5 nitrogen and oxygen atoms in total. The van der Waals surface area contributed by atoms with Crippen molar-refractivity contribution in [3.8, 4) is 11.8 Å². The van der Waals surface area contributed by atoms with Crippen LogP contribution in [0.4, 0.5) is 0 Å². The standard InChI is InChI=1S/C15H21N3O2/c1-12(2)11-20-7-6-18-15(19)14-8-13(4-3-5-16)9-17-10-14/h8-10,12H,5-7,11,16H2,1-2H3,(H,18,19). The van der Waals surface area contributed by atoms with Crippen LogP contribution in [0.3, 0.4) is 0 Å². The molecule has 0 spiro atoms. The van der Waals surface area contributed by atoms with Gasteiger partial charge in [-0.2, -0.15) is 0 Å². The predicted molar refractivity (Wildman–Crippen MR) is 78.2 cm³/mol. The van der Waals surface area contributed by atoms with Gasteiger partial charge in [-0.1, -0.05) is 25.7 Å². The van der Waals surface area contributed by atoms with Gasteiger partial charge in [0.2, 0.25) is 0 Å². The van der Waals surface area contributed by atoms with Crippen molar-refractivity contribution in [2.24, 2.45) is 11.7 Å². The van der Waals surface area contributed by atoms with Crippen LogP contribution in [0.1, 0.15) is 29.8 Å². The number of carbonyl (C=O) groups excluding carboxylic acids is 1. The van der Waals surface area contributed by atoms with Gasteiger partial charge in [-0.05, 0) is 12.0 Å². The van der Waals surface area contributed by atoms with Crippen molar-refractivity contribution in [1.29, 1.82) is 0 Å². The van der Waals surface area contributed by atoms with Gasteiger partial charge in [0.1, 0.15) is 0 Å². The normalized spacial score (nSPS) is 10.0. The van der Waals surface area contributed by atoms with E-state index in [9.17, 15) is 4.79 Å². The summed E-state index contributed by atoms with van der Waals surface area (Å²) in [4.78, 5) is 15.9. The summed E-state index contributed by atoms with van der Waals surface area (Å²) < 4.78 is 5.39. The summed E-state index contributed by atoms with van der Waals surface area (Å²) in [7, 11) is 0. The quantitative estimate of drug-likeness (QED) is 0.594. The van der Waals surface area contributed by atoms with Crippen LogP contribution in [0, 0.1) is 17.8 Å². The third-order valence-electron chi connectivity index (χ3n) is 2.32. The molecule has 1 rings (SSSR count). The second-order valence-electron chi connectivity index (χ2n) is 4.69. The number of nitrogens with one attached hydrogen (secondary N) is 1. The Morgan fingerprint density at radius 2 is 2.30 bits per heavy atom. The summed E-state index contributed by atoms with van der Waals surface area (Å²) in [6.07, 6.45) is 3.11. The Bertz CT molecular complexity index is 489. The molecule has 1 aromatic rings. The summed E-state index contributed by atoms with van der Waals surface area (Å²) in [5, 5.41) is 2.78. The number of ether oxygens (including phenoxy) is 1. The van der Waals surface area contributed by atoms with Crippen molar-refractivity contribution in [3.05, 3.63) is 29.6 Å². The molecule has 1 aromatic heterocycles. The van der Waals surface area contributed by atoms with Gasteiger partial charge in [0.25, 0.3) is 5.91 Å². The molecule has 0 fully saturated rings. The van der Waals surface area contributed by atoms with Gasteiger partial charge in [0, 0.05) is 31.1 Å². The molecule has 108 valence electrons. The fraction of sp³-hybridized carbons (Fsp3) is 0.467. The van der Waals surface area contributed by atoms with Crippen LogP contribution in [0.5, 0.6) is 0 Å². The molecule has 0 atom stereocenters. The first-order chi connectivity index (χ1) is 9.63. The van der Waals surface area contributed by atoms with Crippen LogP contribution in [0.25, 0.3) is 0 Å². The second kappa shape index (κ2) is 9.08. The average molecular weight is 275 g/mol. The first-order valence-corrected chi connectivity index (χ1v) is 6.63. The van der Waals surface area contributed by atoms with Gasteiger partial charge in [-0.3, -0.25) is 9.78 Å². The highest BCUT2D eigenvalue weighted by atomic mass is 16.5. The van der Waals surface area contributed by atoms with E-state index in [2.05, 4.69) is 36.0 Å². The van der Waals surface area contributed by atoms with Crippen LogP contribution < -0.4 is 11.1 Å². The highest BCUT2D eigenvalue weighted by Gasteiger charge is 2.05. The summed E-state index contributed by atoms with van der Waals surface area (Å²) in [6.45, 7) is 6.12. The zero-order valence-corrected chi connectivity index (χ0v) is 12.0. The number of nitrogens with zero attached hydrogens (tertiary/aromatic N) is 1. The molecule has 1 amide bonds. The molecule has 3 N–H and O–H groups in total. The maximum absolute atomic E-state index is 11.9. The largest absolute Gasteiger partial charge is 0.379 e. The van der Waals surface area contributed by atoms with E-state index in [4.69, 9.17) is 10.5 Å². The number of hydrogen-bond acceptors (Lipinski definition) is 4. The Morgan fingerprint density at radius 3 is 3.00 bits per heavy atom. The Morgan fingerprint density at radius 1 is 1.50 bits per heavy atom. The third-order valence-corrected chi connectivity index (χ3v) is 2.32. The van der Waals surface area contributed by atoms with Crippen LogP contribution in [-0.4, -0.2) is 37.2 Å². The van der Waals surface area contributed by atoms with Gasteiger partial charge in [-0.15, -0.1) is 0 Å². The van der Waals surface area contributed by atoms with Crippen LogP contribution in [0.15, 0.2) is 18.5 Å². The lowest BCUT2D eigenvalue weighted by molar-refractivity contribution is 0.0886. The fourth-order valence-corrected chi connectivity index (χ4v) is 1.44. The summed E-state index contributed by atoms with van der Waals surface area (Å²) in [5.41, 5.74) is 6.47. The summed E-state index contributed by atoms with van der Waals surface area (Å²) in [6, 6.07) is 1.69. The second-order valence-corrected chi connectivity index (χ2v) is 4.69. The smallest absolute Gasteiger partial charge is 0.252 e. The third kappa shape index (κ3) is 6.32. The molecule has 5 heteroatoms. The van der Waals surface area contributed by atoms with E-state index in [-0.39, 0.29) is 12.5 Å². The summed E-state index contributed by atoms with van der Waals surface area (Å²) >= 11 is 0. The highest BCUT2D eigenvalue weighted by Crippen LogP contribution is 2.01. The molecule has 0 radical (unpaired) electrons. The van der Waals surface area contributed by atoms with Gasteiger partial charge in [-0.25, -0.2) is 0 Å². The Labute approximate surface area is 119 Å². The minimum absolute atomic E-state index is 0.179. The number of amides is 1. The monoisotopic (exact) mass is 275 g/mol. The van der Waals surface area contributed by atoms with Gasteiger partial charge >= 0.3 is 0 Å². The van der Waals surface area contributed by atoms with Crippen molar-refractivity contribution in [1.82, 2.24) is 10.3 Å². The predicted octanol–water partition coefficient (Wildman–Crippen LogP) is 0.794. The van der Waals surface area contributed by atoms with Crippen molar-refractivity contribution in [2.45, 2.75) is 13.8 Å². The van der Waals surface area contributed by atoms with Gasteiger partial charge in [0.15, 0.2) is 0 Å². The molecular formula is C15H21N3O2. The van der Waals surface area contributed by atoms with E-state index in [1.165, 1.54) is 6.20 Å². The molecule has 0 bridgehead atoms. The molecule has 0 saturated carbocycles. The highest BCUT2D eigenvalue weighted by molar-refractivity contribution is 5.94. The Hall–Kier alpha value is -1.90. The zero-order chi connectivity index (χ0) is 14.8. The molecule has 20 heavy (non-hydrogen) atoms. The van der Waals surface area contributed by atoms with E-state index < -0.39 is 0 Å². The zero-order valence-electron chi connectivity index (χ0n) is 12.0. The van der Waals surface area contributed by atoms with Crippen molar-refractivity contribution in [2.75, 3.05) is 26.3 Å². The average Bonchev–Trinajstić information content (AvgIpc) is 2.44. The van der Waals surface area contributed by atoms with E-state index in [1.807, 2.05) is 0 Å². The molecular weight excluding hydrogens is 254 g/mol. The molecule has 0 aliphatic carbocycles. The van der Waals surface area contributed by atoms with Crippen molar-refractivity contribution < 1.29 is 9.53 Å². The molecule has 0 unspecified atom stereocenters. The van der Waals surface area contributed by atoms with Crippen molar-refractivity contribution in [3.63, 3.8) is 0 Å². The molecule has 0 aliphatic rings. The number of aromatic nitrogens is 1. The number of carbonyl (C=O) groups is 1. The fourth-order valence-electron chi connectivity index (χ4n) is 1.44. The SMILES string of the molecule is CC(C)COCCNC(=O)c1cncc(C#CCN)c1. The number of rotatable bonds is 6. The van der Waals surface area contributed by atoms with Crippen LogP contribution >= 0.6 is 0 Å².